The van der Waals surface area contributed by atoms with E-state index in [2.05, 4.69) is 15.1 Å². The zero-order valence-electron chi connectivity index (χ0n) is 13.3. The highest BCUT2D eigenvalue weighted by Crippen LogP contribution is 2.29. The van der Waals surface area contributed by atoms with E-state index in [9.17, 15) is 9.18 Å². The molecule has 126 valence electrons. The van der Waals surface area contributed by atoms with Gasteiger partial charge in [-0.2, -0.15) is 4.98 Å². The molecule has 0 spiro atoms. The lowest BCUT2D eigenvalue weighted by Gasteiger charge is -2.16. The Morgan fingerprint density at radius 3 is 2.68 bits per heavy atom. The van der Waals surface area contributed by atoms with Crippen LogP contribution < -0.4 is 0 Å². The van der Waals surface area contributed by atoms with Crippen LogP contribution in [0.5, 0.6) is 0 Å². The van der Waals surface area contributed by atoms with Gasteiger partial charge in [0.1, 0.15) is 5.82 Å². The van der Waals surface area contributed by atoms with Gasteiger partial charge in [-0.3, -0.25) is 9.78 Å². The van der Waals surface area contributed by atoms with Crippen molar-refractivity contribution in [3.8, 4) is 11.5 Å². The average Bonchev–Trinajstić information content (AvgIpc) is 3.25. The van der Waals surface area contributed by atoms with Crippen molar-refractivity contribution < 1.29 is 13.7 Å². The van der Waals surface area contributed by atoms with Crippen LogP contribution in [-0.4, -0.2) is 32.5 Å². The van der Waals surface area contributed by atoms with Crippen LogP contribution >= 0.6 is 0 Å². The molecule has 25 heavy (non-hydrogen) atoms. The number of likely N-dealkylation sites (tertiary alicyclic amines) is 1. The molecule has 4 rings (SSSR count). The van der Waals surface area contributed by atoms with Crippen molar-refractivity contribution >= 4 is 5.91 Å². The standard InChI is InChI=1S/C18H15FN4O2/c19-15-3-1-12(2-4-15)10-23-11-14(9-16(23)24)17-21-18(25-22-17)13-5-7-20-8-6-13/h1-8,14H,9-11H2/t14-/m0/s1. The number of pyridine rings is 1. The molecule has 3 heterocycles. The number of rotatable bonds is 4. The van der Waals surface area contributed by atoms with Crippen molar-refractivity contribution in [2.24, 2.45) is 0 Å². The van der Waals surface area contributed by atoms with E-state index >= 15 is 0 Å². The van der Waals surface area contributed by atoms with Crippen molar-refractivity contribution in [1.82, 2.24) is 20.0 Å². The Morgan fingerprint density at radius 2 is 1.92 bits per heavy atom. The fourth-order valence-corrected chi connectivity index (χ4v) is 2.92. The topological polar surface area (TPSA) is 72.1 Å². The summed E-state index contributed by atoms with van der Waals surface area (Å²) in [4.78, 5) is 22.4. The normalized spacial score (nSPS) is 17.2. The van der Waals surface area contributed by atoms with Gasteiger partial charge in [0.25, 0.3) is 5.89 Å². The number of halogens is 1. The van der Waals surface area contributed by atoms with E-state index in [0.717, 1.165) is 11.1 Å². The minimum Gasteiger partial charge on any atom is -0.338 e. The quantitative estimate of drug-likeness (QED) is 0.731. The van der Waals surface area contributed by atoms with Gasteiger partial charge in [0.15, 0.2) is 5.82 Å². The van der Waals surface area contributed by atoms with E-state index in [1.807, 2.05) is 0 Å². The summed E-state index contributed by atoms with van der Waals surface area (Å²) in [6.07, 6.45) is 3.65. The molecule has 1 aromatic carbocycles. The number of benzene rings is 1. The van der Waals surface area contributed by atoms with Crippen molar-refractivity contribution in [3.63, 3.8) is 0 Å². The molecular formula is C18H15FN4O2. The van der Waals surface area contributed by atoms with Crippen LogP contribution in [0.2, 0.25) is 0 Å². The summed E-state index contributed by atoms with van der Waals surface area (Å²) < 4.78 is 18.3. The minimum atomic E-state index is -0.287. The molecule has 0 unspecified atom stereocenters. The Morgan fingerprint density at radius 1 is 1.16 bits per heavy atom. The molecule has 1 fully saturated rings. The van der Waals surface area contributed by atoms with Crippen LogP contribution in [0.3, 0.4) is 0 Å². The molecule has 1 atom stereocenters. The Hall–Kier alpha value is -3.09. The smallest absolute Gasteiger partial charge is 0.258 e. The number of hydrogen-bond acceptors (Lipinski definition) is 5. The number of aromatic nitrogens is 3. The molecule has 3 aromatic rings. The molecule has 2 aromatic heterocycles. The molecule has 7 heteroatoms. The summed E-state index contributed by atoms with van der Waals surface area (Å²) in [5.41, 5.74) is 1.68. The Balaban J connectivity index is 1.47. The molecule has 0 bridgehead atoms. The summed E-state index contributed by atoms with van der Waals surface area (Å²) in [5, 5.41) is 4.03. The first-order valence-corrected chi connectivity index (χ1v) is 7.95. The van der Waals surface area contributed by atoms with Gasteiger partial charge in [0.2, 0.25) is 5.91 Å². The third-order valence-electron chi connectivity index (χ3n) is 4.24. The van der Waals surface area contributed by atoms with Crippen LogP contribution in [0.15, 0.2) is 53.3 Å². The minimum absolute atomic E-state index is 0.0320. The Labute approximate surface area is 143 Å². The number of hydrogen-bond donors (Lipinski definition) is 0. The van der Waals surface area contributed by atoms with Gasteiger partial charge in [-0.25, -0.2) is 4.39 Å². The number of amides is 1. The molecule has 0 radical (unpaired) electrons. The van der Waals surface area contributed by atoms with E-state index in [1.165, 1.54) is 12.1 Å². The van der Waals surface area contributed by atoms with Gasteiger partial charge >= 0.3 is 0 Å². The number of carbonyl (C=O) groups excluding carboxylic acids is 1. The lowest BCUT2D eigenvalue weighted by Crippen LogP contribution is -2.24. The maximum atomic E-state index is 13.0. The average molecular weight is 338 g/mol. The van der Waals surface area contributed by atoms with Gasteiger partial charge in [0, 0.05) is 43.4 Å². The monoisotopic (exact) mass is 338 g/mol. The fraction of sp³-hybridized carbons (Fsp3) is 0.222. The molecule has 1 saturated heterocycles. The number of nitrogens with zero attached hydrogens (tertiary/aromatic N) is 4. The summed E-state index contributed by atoms with van der Waals surface area (Å²) in [7, 11) is 0. The van der Waals surface area contributed by atoms with Gasteiger partial charge in [-0.1, -0.05) is 17.3 Å². The van der Waals surface area contributed by atoms with Crippen molar-refractivity contribution in [2.45, 2.75) is 18.9 Å². The van der Waals surface area contributed by atoms with Crippen molar-refractivity contribution in [2.75, 3.05) is 6.54 Å². The molecule has 1 amide bonds. The Kier molecular flexibility index (Phi) is 3.97. The number of carbonyl (C=O) groups is 1. The van der Waals surface area contributed by atoms with E-state index < -0.39 is 0 Å². The molecule has 0 saturated carbocycles. The van der Waals surface area contributed by atoms with Gasteiger partial charge in [-0.05, 0) is 29.8 Å². The van der Waals surface area contributed by atoms with Crippen LogP contribution in [0.25, 0.3) is 11.5 Å². The highest BCUT2D eigenvalue weighted by Gasteiger charge is 2.33. The molecule has 0 aliphatic carbocycles. The van der Waals surface area contributed by atoms with Gasteiger partial charge in [0.05, 0.1) is 0 Å². The van der Waals surface area contributed by atoms with E-state index in [0.29, 0.717) is 31.2 Å². The van der Waals surface area contributed by atoms with Crippen LogP contribution in [0.1, 0.15) is 23.7 Å². The zero-order valence-corrected chi connectivity index (χ0v) is 13.3. The first-order chi connectivity index (χ1) is 12.2. The Bertz CT molecular complexity index is 880. The maximum Gasteiger partial charge on any atom is 0.258 e. The molecule has 1 aliphatic heterocycles. The molecule has 1 aliphatic rings. The van der Waals surface area contributed by atoms with E-state index in [-0.39, 0.29) is 17.6 Å². The van der Waals surface area contributed by atoms with Gasteiger partial charge in [-0.15, -0.1) is 0 Å². The predicted octanol–water partition coefficient (Wildman–Crippen LogP) is 2.79. The summed E-state index contributed by atoms with van der Waals surface area (Å²) in [6.45, 7) is 0.968. The summed E-state index contributed by atoms with van der Waals surface area (Å²) >= 11 is 0. The van der Waals surface area contributed by atoms with Crippen molar-refractivity contribution in [3.05, 3.63) is 66.0 Å². The zero-order chi connectivity index (χ0) is 17.2. The SMILES string of the molecule is O=C1C[C@H](c2noc(-c3ccncc3)n2)CN1Cc1ccc(F)cc1. The first kappa shape index (κ1) is 15.4. The molecular weight excluding hydrogens is 323 g/mol. The highest BCUT2D eigenvalue weighted by atomic mass is 19.1. The fourth-order valence-electron chi connectivity index (χ4n) is 2.92. The first-order valence-electron chi connectivity index (χ1n) is 7.95. The van der Waals surface area contributed by atoms with E-state index in [4.69, 9.17) is 4.52 Å². The lowest BCUT2D eigenvalue weighted by molar-refractivity contribution is -0.128. The summed E-state index contributed by atoms with van der Waals surface area (Å²) in [5.74, 6) is 0.588. The lowest BCUT2D eigenvalue weighted by atomic mass is 10.1. The second-order valence-corrected chi connectivity index (χ2v) is 6.00. The van der Waals surface area contributed by atoms with Gasteiger partial charge < -0.3 is 9.42 Å². The maximum absolute atomic E-state index is 13.0. The van der Waals surface area contributed by atoms with Crippen LogP contribution in [-0.2, 0) is 11.3 Å². The highest BCUT2D eigenvalue weighted by molar-refractivity contribution is 5.79. The van der Waals surface area contributed by atoms with Crippen molar-refractivity contribution in [1.29, 1.82) is 0 Å². The van der Waals surface area contributed by atoms with E-state index in [1.54, 1.807) is 41.6 Å². The largest absolute Gasteiger partial charge is 0.338 e. The predicted molar refractivity (Wildman–Crippen MR) is 86.7 cm³/mol. The molecule has 0 N–H and O–H groups in total. The van der Waals surface area contributed by atoms with Crippen LogP contribution in [0.4, 0.5) is 4.39 Å². The third kappa shape index (κ3) is 3.26. The van der Waals surface area contributed by atoms with Crippen LogP contribution in [0, 0.1) is 5.82 Å². The molecule has 6 nitrogen and oxygen atoms in total. The third-order valence-corrected chi connectivity index (χ3v) is 4.24. The summed E-state index contributed by atoms with van der Waals surface area (Å²) in [6, 6.07) is 9.74. The second-order valence-electron chi connectivity index (χ2n) is 6.00. The second kappa shape index (κ2) is 6.43.